The number of esters is 1. The summed E-state index contributed by atoms with van der Waals surface area (Å²) in [6.45, 7) is 2.02. The highest BCUT2D eigenvalue weighted by Crippen LogP contribution is 2.23. The molecule has 0 N–H and O–H groups in total. The lowest BCUT2D eigenvalue weighted by Crippen LogP contribution is -1.96. The third-order valence-electron chi connectivity index (χ3n) is 3.12. The van der Waals surface area contributed by atoms with Gasteiger partial charge in [-0.25, -0.2) is 4.79 Å². The van der Waals surface area contributed by atoms with Crippen molar-refractivity contribution < 1.29 is 9.53 Å². The minimum atomic E-state index is -0.321. The fourth-order valence-corrected chi connectivity index (χ4v) is 2.00. The van der Waals surface area contributed by atoms with E-state index >= 15 is 0 Å². The van der Waals surface area contributed by atoms with Crippen LogP contribution in [0.25, 0.3) is 16.7 Å². The van der Waals surface area contributed by atoms with Crippen molar-refractivity contribution in [2.24, 2.45) is 0 Å². The molecular weight excluding hydrogens is 250 g/mol. The van der Waals surface area contributed by atoms with Crippen molar-refractivity contribution in [1.82, 2.24) is 4.98 Å². The predicted octanol–water partition coefficient (Wildman–Crippen LogP) is 3.72. The monoisotopic (exact) mass is 267 g/mol. The number of ether oxygens (including phenoxy) is 1. The highest BCUT2D eigenvalue weighted by molar-refractivity contribution is 5.91. The maximum absolute atomic E-state index is 11.3. The minimum absolute atomic E-state index is 0.321. The van der Waals surface area contributed by atoms with Crippen molar-refractivity contribution in [3.63, 3.8) is 0 Å². The molecule has 102 valence electrons. The van der Waals surface area contributed by atoms with E-state index in [1.54, 1.807) is 12.3 Å². The Morgan fingerprint density at radius 3 is 2.50 bits per heavy atom. The molecule has 0 bridgehead atoms. The van der Waals surface area contributed by atoms with Gasteiger partial charge in [-0.2, -0.15) is 0 Å². The van der Waals surface area contributed by atoms with E-state index in [1.807, 2.05) is 49.5 Å². The molecule has 3 nitrogen and oxygen atoms in total. The average Bonchev–Trinajstić information content (AvgIpc) is 2.53. The number of methoxy groups -OCH3 is 1. The number of benzene rings is 1. The van der Waals surface area contributed by atoms with E-state index in [-0.39, 0.29) is 5.97 Å². The number of carbonyl (C=O) groups is 1. The van der Waals surface area contributed by atoms with Gasteiger partial charge < -0.3 is 4.74 Å². The van der Waals surface area contributed by atoms with Gasteiger partial charge in [-0.3, -0.25) is 4.98 Å². The average molecular weight is 267 g/mol. The molecule has 2 aromatic rings. The van der Waals surface area contributed by atoms with Crippen LogP contribution in [0.4, 0.5) is 0 Å². The summed E-state index contributed by atoms with van der Waals surface area (Å²) in [5.41, 5.74) is 4.18. The van der Waals surface area contributed by atoms with Crippen LogP contribution in [0.2, 0.25) is 0 Å². The Kier molecular flexibility index (Phi) is 4.66. The zero-order chi connectivity index (χ0) is 14.4. The van der Waals surface area contributed by atoms with E-state index in [1.165, 1.54) is 7.11 Å². The fourth-order valence-electron chi connectivity index (χ4n) is 2.00. The van der Waals surface area contributed by atoms with Crippen LogP contribution in [0, 0.1) is 0 Å². The van der Waals surface area contributed by atoms with E-state index in [0.29, 0.717) is 0 Å². The molecule has 0 radical (unpaired) electrons. The normalized spacial score (nSPS) is 11.2. The van der Waals surface area contributed by atoms with E-state index in [2.05, 4.69) is 9.72 Å². The molecular formula is C17H17NO2. The van der Waals surface area contributed by atoms with Crippen molar-refractivity contribution in [3.8, 4) is 11.1 Å². The molecule has 0 amide bonds. The first-order valence-electron chi connectivity index (χ1n) is 6.54. The summed E-state index contributed by atoms with van der Waals surface area (Å²) in [5, 5.41) is 0. The SMILES string of the molecule is CC/C(=C\C(=O)OC)c1ccc(-c2cccnc2)cc1. The third-order valence-corrected chi connectivity index (χ3v) is 3.12. The van der Waals surface area contributed by atoms with Crippen molar-refractivity contribution in [1.29, 1.82) is 0 Å². The number of aromatic nitrogens is 1. The van der Waals surface area contributed by atoms with Gasteiger partial charge >= 0.3 is 5.97 Å². The summed E-state index contributed by atoms with van der Waals surface area (Å²) >= 11 is 0. The van der Waals surface area contributed by atoms with Gasteiger partial charge in [0.2, 0.25) is 0 Å². The quantitative estimate of drug-likeness (QED) is 0.626. The van der Waals surface area contributed by atoms with E-state index in [0.717, 1.165) is 28.7 Å². The van der Waals surface area contributed by atoms with E-state index < -0.39 is 0 Å². The second kappa shape index (κ2) is 6.66. The van der Waals surface area contributed by atoms with Crippen LogP contribution in [0.5, 0.6) is 0 Å². The van der Waals surface area contributed by atoms with Crippen molar-refractivity contribution in [2.75, 3.05) is 7.11 Å². The lowest BCUT2D eigenvalue weighted by Gasteiger charge is -2.07. The summed E-state index contributed by atoms with van der Waals surface area (Å²) in [5.74, 6) is -0.321. The zero-order valence-corrected chi connectivity index (χ0v) is 11.7. The van der Waals surface area contributed by atoms with Crippen LogP contribution in [0.3, 0.4) is 0 Å². The largest absolute Gasteiger partial charge is 0.466 e. The smallest absolute Gasteiger partial charge is 0.330 e. The molecule has 0 saturated heterocycles. The topological polar surface area (TPSA) is 39.2 Å². The highest BCUT2D eigenvalue weighted by Gasteiger charge is 2.04. The molecule has 0 aliphatic carbocycles. The first-order valence-corrected chi connectivity index (χ1v) is 6.54. The Bertz CT molecular complexity index is 601. The Hall–Kier alpha value is -2.42. The van der Waals surface area contributed by atoms with Crippen LogP contribution in [0.15, 0.2) is 54.9 Å². The van der Waals surface area contributed by atoms with Crippen LogP contribution in [-0.4, -0.2) is 18.1 Å². The summed E-state index contributed by atoms with van der Waals surface area (Å²) in [4.78, 5) is 15.4. The molecule has 1 aromatic carbocycles. The molecule has 0 atom stereocenters. The summed E-state index contributed by atoms with van der Waals surface area (Å²) in [7, 11) is 1.39. The van der Waals surface area contributed by atoms with E-state index in [9.17, 15) is 4.79 Å². The number of rotatable bonds is 4. The number of hydrogen-bond donors (Lipinski definition) is 0. The molecule has 1 aromatic heterocycles. The lowest BCUT2D eigenvalue weighted by molar-refractivity contribution is -0.134. The number of nitrogens with zero attached hydrogens (tertiary/aromatic N) is 1. The molecule has 0 saturated carbocycles. The molecule has 3 heteroatoms. The minimum Gasteiger partial charge on any atom is -0.466 e. The molecule has 0 spiro atoms. The molecule has 1 heterocycles. The van der Waals surface area contributed by atoms with Crippen molar-refractivity contribution >= 4 is 11.5 Å². The van der Waals surface area contributed by atoms with Crippen LogP contribution < -0.4 is 0 Å². The first kappa shape index (κ1) is 14.0. The molecule has 0 fully saturated rings. The highest BCUT2D eigenvalue weighted by atomic mass is 16.5. The standard InChI is InChI=1S/C17H17NO2/c1-3-13(11-17(19)20-2)14-6-8-15(9-7-14)16-5-4-10-18-12-16/h4-12H,3H2,1-2H3/b13-11+. The predicted molar refractivity (Wildman–Crippen MR) is 80.0 cm³/mol. The summed E-state index contributed by atoms with van der Waals surface area (Å²) in [6, 6.07) is 12.0. The second-order valence-electron chi connectivity index (χ2n) is 4.37. The third kappa shape index (κ3) is 3.32. The summed E-state index contributed by atoms with van der Waals surface area (Å²) < 4.78 is 4.67. The molecule has 0 unspecified atom stereocenters. The van der Waals surface area contributed by atoms with Gasteiger partial charge in [0.05, 0.1) is 7.11 Å². The maximum atomic E-state index is 11.3. The number of pyridine rings is 1. The second-order valence-corrected chi connectivity index (χ2v) is 4.37. The molecule has 0 aliphatic heterocycles. The van der Waals surface area contributed by atoms with Crippen LogP contribution in [-0.2, 0) is 9.53 Å². The fraction of sp³-hybridized carbons (Fsp3) is 0.176. The maximum Gasteiger partial charge on any atom is 0.330 e. The van der Waals surface area contributed by atoms with E-state index in [4.69, 9.17) is 0 Å². The number of carbonyl (C=O) groups excluding carboxylic acids is 1. The summed E-state index contributed by atoms with van der Waals surface area (Å²) in [6.07, 6.45) is 5.91. The molecule has 0 aliphatic rings. The number of allylic oxidation sites excluding steroid dienone is 1. The first-order chi connectivity index (χ1) is 9.74. The number of hydrogen-bond acceptors (Lipinski definition) is 3. The van der Waals surface area contributed by atoms with Crippen molar-refractivity contribution in [2.45, 2.75) is 13.3 Å². The van der Waals surface area contributed by atoms with Gasteiger partial charge in [-0.05, 0) is 34.8 Å². The van der Waals surface area contributed by atoms with Gasteiger partial charge in [0.1, 0.15) is 0 Å². The Morgan fingerprint density at radius 1 is 1.20 bits per heavy atom. The van der Waals surface area contributed by atoms with Gasteiger partial charge in [-0.15, -0.1) is 0 Å². The lowest BCUT2D eigenvalue weighted by atomic mass is 9.99. The van der Waals surface area contributed by atoms with Crippen LogP contribution in [0.1, 0.15) is 18.9 Å². The Labute approximate surface area is 118 Å². The molecule has 2 rings (SSSR count). The van der Waals surface area contributed by atoms with Gasteiger partial charge in [0.15, 0.2) is 0 Å². The zero-order valence-electron chi connectivity index (χ0n) is 11.7. The Morgan fingerprint density at radius 2 is 1.95 bits per heavy atom. The Balaban J connectivity index is 2.28. The van der Waals surface area contributed by atoms with Gasteiger partial charge in [-0.1, -0.05) is 37.3 Å². The molecule has 20 heavy (non-hydrogen) atoms. The van der Waals surface area contributed by atoms with Crippen LogP contribution >= 0.6 is 0 Å². The van der Waals surface area contributed by atoms with Crippen molar-refractivity contribution in [3.05, 3.63) is 60.4 Å². The van der Waals surface area contributed by atoms with Gasteiger partial charge in [0, 0.05) is 18.5 Å². The van der Waals surface area contributed by atoms with Gasteiger partial charge in [0.25, 0.3) is 0 Å².